The second kappa shape index (κ2) is 6.07. The molecule has 5 nitrogen and oxygen atoms in total. The molecular formula is C10H11ClN2O3. The third-order valence-corrected chi connectivity index (χ3v) is 2.23. The fourth-order valence-electron chi connectivity index (χ4n) is 1.17. The highest BCUT2D eigenvalue weighted by molar-refractivity contribution is 6.30. The summed E-state index contributed by atoms with van der Waals surface area (Å²) >= 11 is 5.71. The van der Waals surface area contributed by atoms with Gasteiger partial charge in [0.25, 0.3) is 0 Å². The van der Waals surface area contributed by atoms with Crippen molar-refractivity contribution in [3.63, 3.8) is 0 Å². The van der Waals surface area contributed by atoms with Gasteiger partial charge in [-0.15, -0.1) is 4.91 Å². The number of hydrogen-bond donors (Lipinski definition) is 1. The zero-order valence-corrected chi connectivity index (χ0v) is 9.22. The molecule has 1 N–H and O–H groups in total. The van der Waals surface area contributed by atoms with E-state index in [1.165, 1.54) is 0 Å². The van der Waals surface area contributed by atoms with Crippen molar-refractivity contribution in [1.82, 2.24) is 5.01 Å². The third-order valence-electron chi connectivity index (χ3n) is 1.98. The molecule has 1 aromatic rings. The first-order valence-electron chi connectivity index (χ1n) is 4.66. The lowest BCUT2D eigenvalue weighted by Gasteiger charge is -2.13. The number of aliphatic carboxylic acids is 1. The lowest BCUT2D eigenvalue weighted by atomic mass is 10.2. The smallest absolute Gasteiger partial charge is 0.305 e. The van der Waals surface area contributed by atoms with E-state index >= 15 is 0 Å². The molecule has 1 aromatic carbocycles. The molecule has 0 atom stereocenters. The molecule has 0 radical (unpaired) electrons. The van der Waals surface area contributed by atoms with E-state index in [2.05, 4.69) is 5.29 Å². The van der Waals surface area contributed by atoms with Gasteiger partial charge in [0.05, 0.1) is 24.8 Å². The van der Waals surface area contributed by atoms with E-state index in [1.807, 2.05) is 0 Å². The summed E-state index contributed by atoms with van der Waals surface area (Å²) in [6, 6.07) is 6.94. The summed E-state index contributed by atoms with van der Waals surface area (Å²) in [5.74, 6) is -0.954. The van der Waals surface area contributed by atoms with Crippen molar-refractivity contribution >= 4 is 17.6 Å². The quantitative estimate of drug-likeness (QED) is 0.614. The Morgan fingerprint density at radius 3 is 2.50 bits per heavy atom. The number of rotatable bonds is 6. The predicted octanol–water partition coefficient (Wildman–Crippen LogP) is 2.30. The van der Waals surface area contributed by atoms with E-state index < -0.39 is 5.97 Å². The van der Waals surface area contributed by atoms with E-state index in [0.717, 1.165) is 10.6 Å². The average molecular weight is 243 g/mol. The van der Waals surface area contributed by atoms with Crippen molar-refractivity contribution < 1.29 is 9.90 Å². The first-order chi connectivity index (χ1) is 7.61. The summed E-state index contributed by atoms with van der Waals surface area (Å²) in [7, 11) is 0. The van der Waals surface area contributed by atoms with Crippen LogP contribution in [0.5, 0.6) is 0 Å². The molecule has 0 aliphatic rings. The van der Waals surface area contributed by atoms with Gasteiger partial charge in [0.2, 0.25) is 0 Å². The second-order valence-corrected chi connectivity index (χ2v) is 3.68. The van der Waals surface area contributed by atoms with E-state index in [4.69, 9.17) is 16.7 Å². The van der Waals surface area contributed by atoms with E-state index in [1.54, 1.807) is 24.3 Å². The second-order valence-electron chi connectivity index (χ2n) is 3.24. The lowest BCUT2D eigenvalue weighted by molar-refractivity contribution is -0.137. The number of carbonyl (C=O) groups is 1. The molecule has 0 heterocycles. The van der Waals surface area contributed by atoms with Crippen molar-refractivity contribution in [2.24, 2.45) is 5.29 Å². The average Bonchev–Trinajstić information content (AvgIpc) is 2.26. The molecule has 0 bridgehead atoms. The molecule has 0 unspecified atom stereocenters. The van der Waals surface area contributed by atoms with Crippen LogP contribution in [0.2, 0.25) is 5.02 Å². The predicted molar refractivity (Wildman–Crippen MR) is 59.9 cm³/mol. The summed E-state index contributed by atoms with van der Waals surface area (Å²) in [4.78, 5) is 20.8. The lowest BCUT2D eigenvalue weighted by Crippen LogP contribution is -2.19. The van der Waals surface area contributed by atoms with Gasteiger partial charge >= 0.3 is 5.97 Å². The molecule has 0 spiro atoms. The summed E-state index contributed by atoms with van der Waals surface area (Å²) in [5, 5.41) is 13.0. The minimum atomic E-state index is -0.954. The SMILES string of the molecule is O=NN(CCC(=O)O)Cc1ccc(Cl)cc1. The van der Waals surface area contributed by atoms with Crippen LogP contribution in [0.25, 0.3) is 0 Å². The van der Waals surface area contributed by atoms with Crippen LogP contribution in [0.4, 0.5) is 0 Å². The van der Waals surface area contributed by atoms with Gasteiger partial charge in [0.1, 0.15) is 0 Å². The topological polar surface area (TPSA) is 70.0 Å². The monoisotopic (exact) mass is 242 g/mol. The molecule has 0 fully saturated rings. The minimum absolute atomic E-state index is 0.0987. The summed E-state index contributed by atoms with van der Waals surface area (Å²) < 4.78 is 0. The van der Waals surface area contributed by atoms with Crippen molar-refractivity contribution in [2.75, 3.05) is 6.54 Å². The molecule has 0 aliphatic heterocycles. The van der Waals surface area contributed by atoms with Crippen LogP contribution >= 0.6 is 11.6 Å². The van der Waals surface area contributed by atoms with E-state index in [9.17, 15) is 9.70 Å². The summed E-state index contributed by atoms with van der Waals surface area (Å²) in [6.45, 7) is 0.384. The van der Waals surface area contributed by atoms with Crippen molar-refractivity contribution in [1.29, 1.82) is 0 Å². The number of hydrogen-bond acceptors (Lipinski definition) is 3. The van der Waals surface area contributed by atoms with Crippen molar-refractivity contribution in [2.45, 2.75) is 13.0 Å². The van der Waals surface area contributed by atoms with Gasteiger partial charge in [-0.2, -0.15) is 0 Å². The fraction of sp³-hybridized carbons (Fsp3) is 0.300. The van der Waals surface area contributed by atoms with Crippen molar-refractivity contribution in [3.8, 4) is 0 Å². The zero-order chi connectivity index (χ0) is 12.0. The number of halogens is 1. The van der Waals surface area contributed by atoms with Crippen LogP contribution in [-0.2, 0) is 11.3 Å². The van der Waals surface area contributed by atoms with Crippen LogP contribution in [0.1, 0.15) is 12.0 Å². The molecule has 0 amide bonds. The third kappa shape index (κ3) is 4.27. The van der Waals surface area contributed by atoms with Gasteiger partial charge in [-0.3, -0.25) is 9.80 Å². The summed E-state index contributed by atoms with van der Waals surface area (Å²) in [6.07, 6.45) is -0.112. The molecule has 86 valence electrons. The Kier molecular flexibility index (Phi) is 4.72. The van der Waals surface area contributed by atoms with Crippen LogP contribution < -0.4 is 0 Å². The highest BCUT2D eigenvalue weighted by Crippen LogP contribution is 2.11. The van der Waals surface area contributed by atoms with E-state index in [0.29, 0.717) is 5.02 Å². The van der Waals surface area contributed by atoms with Gasteiger partial charge < -0.3 is 5.11 Å². The maximum Gasteiger partial charge on any atom is 0.305 e. The first-order valence-corrected chi connectivity index (χ1v) is 5.04. The van der Waals surface area contributed by atoms with Crippen LogP contribution in [0, 0.1) is 4.91 Å². The Morgan fingerprint density at radius 1 is 1.38 bits per heavy atom. The fourth-order valence-corrected chi connectivity index (χ4v) is 1.30. The van der Waals surface area contributed by atoms with Crippen molar-refractivity contribution in [3.05, 3.63) is 39.8 Å². The normalized spacial score (nSPS) is 9.81. The standard InChI is InChI=1S/C10H11ClN2O3/c11-9-3-1-8(2-4-9)7-13(12-16)6-5-10(14)15/h1-4H,5-7H2,(H,14,15). The highest BCUT2D eigenvalue weighted by atomic mass is 35.5. The Bertz CT molecular complexity index is 367. The van der Waals surface area contributed by atoms with Gasteiger partial charge in [-0.05, 0) is 17.7 Å². The Hall–Kier alpha value is -1.62. The van der Waals surface area contributed by atoms with Crippen LogP contribution in [0.15, 0.2) is 29.6 Å². The van der Waals surface area contributed by atoms with E-state index in [-0.39, 0.29) is 19.5 Å². The molecule has 6 heteroatoms. The van der Waals surface area contributed by atoms with Crippen LogP contribution in [0.3, 0.4) is 0 Å². The minimum Gasteiger partial charge on any atom is -0.481 e. The number of nitroso groups, excluding NO2 is 1. The molecule has 1 rings (SSSR count). The number of nitrogens with zero attached hydrogens (tertiary/aromatic N) is 2. The number of carboxylic acid groups (broad SMARTS) is 1. The molecular weight excluding hydrogens is 232 g/mol. The van der Waals surface area contributed by atoms with Crippen LogP contribution in [-0.4, -0.2) is 22.6 Å². The Morgan fingerprint density at radius 2 is 2.00 bits per heavy atom. The maximum absolute atomic E-state index is 10.4. The summed E-state index contributed by atoms with van der Waals surface area (Å²) in [5.41, 5.74) is 0.856. The van der Waals surface area contributed by atoms with Gasteiger partial charge in [-0.1, -0.05) is 23.7 Å². The molecule has 0 saturated heterocycles. The largest absolute Gasteiger partial charge is 0.481 e. The van der Waals surface area contributed by atoms with Gasteiger partial charge in [0.15, 0.2) is 0 Å². The zero-order valence-electron chi connectivity index (χ0n) is 8.47. The maximum atomic E-state index is 10.4. The molecule has 16 heavy (non-hydrogen) atoms. The molecule has 0 aromatic heterocycles. The molecule has 0 saturated carbocycles. The Balaban J connectivity index is 2.52. The number of benzene rings is 1. The first kappa shape index (κ1) is 12.4. The van der Waals surface area contributed by atoms with Gasteiger partial charge in [-0.25, -0.2) is 0 Å². The number of carboxylic acids is 1. The molecule has 0 aliphatic carbocycles. The Labute approximate surface area is 97.6 Å². The highest BCUT2D eigenvalue weighted by Gasteiger charge is 2.06. The van der Waals surface area contributed by atoms with Gasteiger partial charge in [0, 0.05) is 5.02 Å².